The molecule has 1 atom stereocenters. The number of hydrogen-bond donors (Lipinski definition) is 1. The molecule has 2 aromatic heterocycles. The van der Waals surface area contributed by atoms with Crippen molar-refractivity contribution in [2.75, 3.05) is 0 Å². The van der Waals surface area contributed by atoms with Crippen LogP contribution >= 0.6 is 11.6 Å². The molecule has 2 aromatic carbocycles. The van der Waals surface area contributed by atoms with E-state index in [9.17, 15) is 4.79 Å². The number of para-hydroxylation sites is 1. The average molecular weight is 407 g/mol. The van der Waals surface area contributed by atoms with Crippen LogP contribution in [0.2, 0.25) is 5.02 Å². The highest BCUT2D eigenvalue weighted by Crippen LogP contribution is 2.31. The molecule has 6 nitrogen and oxygen atoms in total. The van der Waals surface area contributed by atoms with Crippen LogP contribution in [-0.4, -0.2) is 20.6 Å². The van der Waals surface area contributed by atoms with Gasteiger partial charge in [0.05, 0.1) is 11.1 Å². The lowest BCUT2D eigenvalue weighted by Crippen LogP contribution is -2.29. The third-order valence-corrected chi connectivity index (χ3v) is 4.99. The van der Waals surface area contributed by atoms with Gasteiger partial charge in [0.25, 0.3) is 5.91 Å². The molecular weight excluding hydrogens is 388 g/mol. The monoisotopic (exact) mass is 406 g/mol. The van der Waals surface area contributed by atoms with Crippen LogP contribution in [0.1, 0.15) is 34.9 Å². The minimum absolute atomic E-state index is 0.297. The standard InChI is InChI=1S/C22H19ClN4O2/c1-14(21-24-12-13-27(21)16-8-4-3-5-9-16)25-22(28)19-15(2)29-26-20(19)17-10-6-7-11-18(17)23/h3-14H,1-2H3,(H,25,28)/t14-/m0/s1. The molecule has 0 aliphatic carbocycles. The Kier molecular flexibility index (Phi) is 5.18. The first kappa shape index (κ1) is 19.0. The molecule has 0 unspecified atom stereocenters. The molecule has 0 spiro atoms. The van der Waals surface area contributed by atoms with Gasteiger partial charge in [0.15, 0.2) is 0 Å². The summed E-state index contributed by atoms with van der Waals surface area (Å²) in [6.07, 6.45) is 3.58. The molecule has 0 radical (unpaired) electrons. The van der Waals surface area contributed by atoms with Crippen LogP contribution in [0.25, 0.3) is 16.9 Å². The van der Waals surface area contributed by atoms with Gasteiger partial charge in [-0.05, 0) is 32.0 Å². The summed E-state index contributed by atoms with van der Waals surface area (Å²) in [5.74, 6) is 0.850. The van der Waals surface area contributed by atoms with E-state index in [1.165, 1.54) is 0 Å². The lowest BCUT2D eigenvalue weighted by Gasteiger charge is -2.16. The van der Waals surface area contributed by atoms with Gasteiger partial charge in [-0.1, -0.05) is 53.2 Å². The molecule has 146 valence electrons. The van der Waals surface area contributed by atoms with Gasteiger partial charge >= 0.3 is 0 Å². The second-order valence-electron chi connectivity index (χ2n) is 6.63. The lowest BCUT2D eigenvalue weighted by molar-refractivity contribution is 0.0937. The predicted octanol–water partition coefficient (Wildman–Crippen LogP) is 4.98. The largest absolute Gasteiger partial charge is 0.360 e. The van der Waals surface area contributed by atoms with Crippen LogP contribution in [0.3, 0.4) is 0 Å². The molecule has 4 rings (SSSR count). The topological polar surface area (TPSA) is 73.0 Å². The Labute approximate surface area is 173 Å². The van der Waals surface area contributed by atoms with Gasteiger partial charge in [-0.3, -0.25) is 4.79 Å². The number of halogens is 1. The molecule has 0 saturated heterocycles. The average Bonchev–Trinajstić information content (AvgIpc) is 3.36. The van der Waals surface area contributed by atoms with Gasteiger partial charge < -0.3 is 14.4 Å². The summed E-state index contributed by atoms with van der Waals surface area (Å²) in [5, 5.41) is 7.56. The Morgan fingerprint density at radius 1 is 1.14 bits per heavy atom. The molecule has 4 aromatic rings. The van der Waals surface area contributed by atoms with Gasteiger partial charge in [0.2, 0.25) is 0 Å². The Hall–Kier alpha value is -3.38. The van der Waals surface area contributed by atoms with Crippen molar-refractivity contribution >= 4 is 17.5 Å². The molecule has 0 aliphatic rings. The zero-order valence-electron chi connectivity index (χ0n) is 16.0. The fourth-order valence-electron chi connectivity index (χ4n) is 3.25. The minimum atomic E-state index is -0.342. The van der Waals surface area contributed by atoms with Crippen molar-refractivity contribution in [3.8, 4) is 16.9 Å². The van der Waals surface area contributed by atoms with E-state index in [0.29, 0.717) is 27.6 Å². The summed E-state index contributed by atoms with van der Waals surface area (Å²) < 4.78 is 7.25. The first-order chi connectivity index (χ1) is 14.1. The second kappa shape index (κ2) is 7.93. The molecule has 1 amide bonds. The van der Waals surface area contributed by atoms with Crippen molar-refractivity contribution < 1.29 is 9.32 Å². The number of rotatable bonds is 5. The Balaban J connectivity index is 1.63. The van der Waals surface area contributed by atoms with E-state index in [4.69, 9.17) is 16.1 Å². The smallest absolute Gasteiger partial charge is 0.257 e. The van der Waals surface area contributed by atoms with Crippen molar-refractivity contribution in [2.45, 2.75) is 19.9 Å². The van der Waals surface area contributed by atoms with Gasteiger partial charge in [0.1, 0.15) is 22.8 Å². The quantitative estimate of drug-likeness (QED) is 0.507. The van der Waals surface area contributed by atoms with Crippen molar-refractivity contribution in [1.82, 2.24) is 20.0 Å². The summed E-state index contributed by atoms with van der Waals surface area (Å²) in [6.45, 7) is 3.59. The van der Waals surface area contributed by atoms with E-state index in [0.717, 1.165) is 11.5 Å². The zero-order chi connectivity index (χ0) is 20.4. The highest BCUT2D eigenvalue weighted by atomic mass is 35.5. The summed E-state index contributed by atoms with van der Waals surface area (Å²) in [6, 6.07) is 16.7. The molecule has 0 aliphatic heterocycles. The predicted molar refractivity (Wildman–Crippen MR) is 111 cm³/mol. The van der Waals surface area contributed by atoms with E-state index < -0.39 is 0 Å². The molecular formula is C22H19ClN4O2. The van der Waals surface area contributed by atoms with E-state index in [1.807, 2.05) is 66.2 Å². The Morgan fingerprint density at radius 3 is 2.62 bits per heavy atom. The van der Waals surface area contributed by atoms with Crippen LogP contribution in [0, 0.1) is 6.92 Å². The summed E-state index contributed by atoms with van der Waals surface area (Å²) >= 11 is 6.29. The lowest BCUT2D eigenvalue weighted by atomic mass is 10.1. The normalized spacial score (nSPS) is 12.0. The summed E-state index contributed by atoms with van der Waals surface area (Å²) in [4.78, 5) is 17.5. The molecule has 2 heterocycles. The molecule has 0 bridgehead atoms. The Bertz CT molecular complexity index is 1150. The van der Waals surface area contributed by atoms with E-state index >= 15 is 0 Å². The van der Waals surface area contributed by atoms with Gasteiger partial charge in [-0.15, -0.1) is 0 Å². The fraction of sp³-hybridized carbons (Fsp3) is 0.136. The Morgan fingerprint density at radius 2 is 1.86 bits per heavy atom. The number of carbonyl (C=O) groups excluding carboxylic acids is 1. The number of aromatic nitrogens is 3. The molecule has 1 N–H and O–H groups in total. The maximum absolute atomic E-state index is 13.1. The van der Waals surface area contributed by atoms with Crippen LogP contribution in [0.15, 0.2) is 71.5 Å². The molecule has 0 fully saturated rings. The molecule has 29 heavy (non-hydrogen) atoms. The SMILES string of the molecule is Cc1onc(-c2ccccc2Cl)c1C(=O)N[C@@H](C)c1nccn1-c1ccccc1. The van der Waals surface area contributed by atoms with E-state index in [1.54, 1.807) is 19.2 Å². The van der Waals surface area contributed by atoms with E-state index in [-0.39, 0.29) is 11.9 Å². The number of benzene rings is 2. The minimum Gasteiger partial charge on any atom is -0.360 e. The number of carbonyl (C=O) groups is 1. The first-order valence-electron chi connectivity index (χ1n) is 9.17. The van der Waals surface area contributed by atoms with Gasteiger partial charge in [-0.2, -0.15) is 0 Å². The third kappa shape index (κ3) is 3.67. The number of aryl methyl sites for hydroxylation is 1. The second-order valence-corrected chi connectivity index (χ2v) is 7.04. The highest BCUT2D eigenvalue weighted by Gasteiger charge is 2.25. The number of imidazole rings is 1. The third-order valence-electron chi connectivity index (χ3n) is 4.66. The fourth-order valence-corrected chi connectivity index (χ4v) is 3.48. The highest BCUT2D eigenvalue weighted by molar-refractivity contribution is 6.33. The number of hydrogen-bond acceptors (Lipinski definition) is 4. The van der Waals surface area contributed by atoms with Crippen molar-refractivity contribution in [3.63, 3.8) is 0 Å². The zero-order valence-corrected chi connectivity index (χ0v) is 16.7. The number of nitrogens with zero attached hydrogens (tertiary/aromatic N) is 3. The maximum Gasteiger partial charge on any atom is 0.257 e. The maximum atomic E-state index is 13.1. The van der Waals surface area contributed by atoms with Gasteiger partial charge in [-0.25, -0.2) is 4.98 Å². The summed E-state index contributed by atoms with van der Waals surface area (Å²) in [5.41, 5.74) is 2.40. The van der Waals surface area contributed by atoms with Gasteiger partial charge in [0, 0.05) is 23.6 Å². The molecule has 7 heteroatoms. The van der Waals surface area contributed by atoms with Crippen LogP contribution in [0.4, 0.5) is 0 Å². The van der Waals surface area contributed by atoms with Crippen LogP contribution in [0.5, 0.6) is 0 Å². The van der Waals surface area contributed by atoms with Crippen molar-refractivity contribution in [3.05, 3.63) is 89.2 Å². The first-order valence-corrected chi connectivity index (χ1v) is 9.54. The van der Waals surface area contributed by atoms with E-state index in [2.05, 4.69) is 15.5 Å². The van der Waals surface area contributed by atoms with Crippen LogP contribution in [-0.2, 0) is 0 Å². The van der Waals surface area contributed by atoms with Crippen LogP contribution < -0.4 is 5.32 Å². The number of nitrogens with one attached hydrogen (secondary N) is 1. The number of amides is 1. The van der Waals surface area contributed by atoms with Crippen molar-refractivity contribution in [2.24, 2.45) is 0 Å². The summed E-state index contributed by atoms with van der Waals surface area (Å²) in [7, 11) is 0. The molecule has 0 saturated carbocycles. The van der Waals surface area contributed by atoms with Crippen molar-refractivity contribution in [1.29, 1.82) is 0 Å².